The van der Waals surface area contributed by atoms with Gasteiger partial charge >= 0.3 is 6.09 Å². The maximum absolute atomic E-state index is 10.9. The molecule has 2 aromatic rings. The predicted molar refractivity (Wildman–Crippen MR) is 85.9 cm³/mol. The second kappa shape index (κ2) is 6.07. The third-order valence-corrected chi connectivity index (χ3v) is 4.34. The summed E-state index contributed by atoms with van der Waals surface area (Å²) < 4.78 is 5.66. The molecule has 0 spiro atoms. The maximum atomic E-state index is 10.9. The van der Waals surface area contributed by atoms with Gasteiger partial charge in [-0.15, -0.1) is 0 Å². The molecule has 2 N–H and O–H groups in total. The van der Waals surface area contributed by atoms with Gasteiger partial charge in [0.15, 0.2) is 0 Å². The quantitative estimate of drug-likeness (QED) is 0.831. The molecule has 114 valence electrons. The summed E-state index contributed by atoms with van der Waals surface area (Å²) in [6.07, 6.45) is -0.419. The van der Waals surface area contributed by atoms with Crippen molar-refractivity contribution in [2.45, 2.75) is 12.5 Å². The zero-order valence-electron chi connectivity index (χ0n) is 11.5. The number of carbonyl (C=O) groups is 1. The minimum absolute atomic E-state index is 0.246. The monoisotopic (exact) mass is 337 g/mol. The molecule has 1 aliphatic heterocycles. The Morgan fingerprint density at radius 2 is 1.86 bits per heavy atom. The lowest BCUT2D eigenvalue weighted by atomic mass is 9.96. The number of rotatable bonds is 2. The van der Waals surface area contributed by atoms with Crippen LogP contribution < -0.4 is 10.1 Å². The Morgan fingerprint density at radius 1 is 1.14 bits per heavy atom. The lowest BCUT2D eigenvalue weighted by Gasteiger charge is -2.26. The van der Waals surface area contributed by atoms with Gasteiger partial charge in [0, 0.05) is 12.0 Å². The third kappa shape index (κ3) is 2.98. The van der Waals surface area contributed by atoms with Crippen molar-refractivity contribution in [2.24, 2.45) is 0 Å². The fourth-order valence-corrected chi connectivity index (χ4v) is 2.84. The number of nitrogens with one attached hydrogen (secondary N) is 1. The summed E-state index contributed by atoms with van der Waals surface area (Å²) in [5.41, 5.74) is 2.71. The molecule has 2 aromatic carbocycles. The molecule has 1 aliphatic rings. The Morgan fingerprint density at radius 3 is 2.59 bits per heavy atom. The van der Waals surface area contributed by atoms with Crippen LogP contribution in [0.2, 0.25) is 10.0 Å². The van der Waals surface area contributed by atoms with Crippen molar-refractivity contribution in [3.63, 3.8) is 0 Å². The van der Waals surface area contributed by atoms with Crippen LogP contribution in [-0.2, 0) is 0 Å². The molecule has 0 aromatic heterocycles. The van der Waals surface area contributed by atoms with Gasteiger partial charge in [-0.1, -0.05) is 41.4 Å². The van der Waals surface area contributed by atoms with Crippen LogP contribution in [0.15, 0.2) is 36.4 Å². The van der Waals surface area contributed by atoms with E-state index in [1.165, 1.54) is 0 Å². The molecule has 0 radical (unpaired) electrons. The van der Waals surface area contributed by atoms with E-state index in [0.717, 1.165) is 16.7 Å². The van der Waals surface area contributed by atoms with Gasteiger partial charge in [0.1, 0.15) is 5.75 Å². The molecule has 1 heterocycles. The summed E-state index contributed by atoms with van der Waals surface area (Å²) in [6.45, 7) is 0.475. The van der Waals surface area contributed by atoms with E-state index in [9.17, 15) is 4.79 Å². The Balaban J connectivity index is 1.96. The number of halogens is 2. The molecule has 0 bridgehead atoms. The molecular formula is C16H13Cl2NO3. The first-order chi connectivity index (χ1) is 10.5. The second-order valence-electron chi connectivity index (χ2n) is 5.02. The van der Waals surface area contributed by atoms with E-state index >= 15 is 0 Å². The minimum Gasteiger partial charge on any atom is -0.493 e. The van der Waals surface area contributed by atoms with Crippen LogP contribution in [0.5, 0.6) is 5.75 Å². The van der Waals surface area contributed by atoms with Gasteiger partial charge in [-0.2, -0.15) is 0 Å². The van der Waals surface area contributed by atoms with Gasteiger partial charge in [0.25, 0.3) is 0 Å². The predicted octanol–water partition coefficient (Wildman–Crippen LogP) is 4.75. The normalized spacial score (nSPS) is 16.5. The first-order valence-corrected chi connectivity index (χ1v) is 7.52. The smallest absolute Gasteiger partial charge is 0.405 e. The average molecular weight is 338 g/mol. The van der Waals surface area contributed by atoms with Crippen LogP contribution in [0.1, 0.15) is 18.0 Å². The number of carboxylic acid groups (broad SMARTS) is 1. The average Bonchev–Trinajstić information content (AvgIpc) is 2.49. The Hall–Kier alpha value is -1.91. The van der Waals surface area contributed by atoms with E-state index < -0.39 is 6.09 Å². The van der Waals surface area contributed by atoms with E-state index in [0.29, 0.717) is 28.8 Å². The van der Waals surface area contributed by atoms with Crippen LogP contribution in [0.25, 0.3) is 11.1 Å². The zero-order valence-corrected chi connectivity index (χ0v) is 13.0. The van der Waals surface area contributed by atoms with E-state index in [4.69, 9.17) is 33.0 Å². The van der Waals surface area contributed by atoms with E-state index in [2.05, 4.69) is 5.32 Å². The van der Waals surface area contributed by atoms with Gasteiger partial charge in [0.2, 0.25) is 0 Å². The van der Waals surface area contributed by atoms with Crippen LogP contribution in [-0.4, -0.2) is 17.8 Å². The summed E-state index contributed by atoms with van der Waals surface area (Å²) >= 11 is 12.0. The molecule has 6 heteroatoms. The minimum atomic E-state index is -1.04. The third-order valence-electron chi connectivity index (χ3n) is 3.60. The number of benzene rings is 2. The molecule has 1 atom stereocenters. The summed E-state index contributed by atoms with van der Waals surface area (Å²) in [5.74, 6) is 0.688. The van der Waals surface area contributed by atoms with Crippen LogP contribution >= 0.6 is 23.2 Å². The number of hydrogen-bond donors (Lipinski definition) is 2. The van der Waals surface area contributed by atoms with E-state index in [1.807, 2.05) is 24.3 Å². The number of amides is 1. The lowest BCUT2D eigenvalue weighted by Crippen LogP contribution is -2.30. The van der Waals surface area contributed by atoms with Crippen LogP contribution in [0, 0.1) is 0 Å². The van der Waals surface area contributed by atoms with Gasteiger partial charge in [-0.3, -0.25) is 0 Å². The molecule has 4 nitrogen and oxygen atoms in total. The van der Waals surface area contributed by atoms with Gasteiger partial charge in [0.05, 0.1) is 22.7 Å². The fraction of sp³-hybridized carbons (Fsp3) is 0.188. The molecule has 1 amide bonds. The fourth-order valence-electron chi connectivity index (χ4n) is 2.54. The molecule has 3 rings (SSSR count). The van der Waals surface area contributed by atoms with Crippen molar-refractivity contribution in [1.82, 2.24) is 5.32 Å². The SMILES string of the molecule is O=C(O)NC1CCOc2cc(-c3ccc(Cl)c(Cl)c3)ccc21. The zero-order chi connectivity index (χ0) is 15.7. The highest BCUT2D eigenvalue weighted by Crippen LogP contribution is 2.36. The molecule has 0 saturated carbocycles. The second-order valence-corrected chi connectivity index (χ2v) is 5.84. The summed E-state index contributed by atoms with van der Waals surface area (Å²) in [7, 11) is 0. The highest BCUT2D eigenvalue weighted by Gasteiger charge is 2.23. The summed E-state index contributed by atoms with van der Waals surface area (Å²) in [4.78, 5) is 10.9. The molecule has 0 fully saturated rings. The topological polar surface area (TPSA) is 58.6 Å². The molecule has 0 aliphatic carbocycles. The van der Waals surface area contributed by atoms with Crippen molar-refractivity contribution in [3.8, 4) is 16.9 Å². The van der Waals surface area contributed by atoms with Crippen molar-refractivity contribution in [1.29, 1.82) is 0 Å². The largest absolute Gasteiger partial charge is 0.493 e. The Kier molecular flexibility index (Phi) is 4.14. The Labute approximate surface area is 137 Å². The maximum Gasteiger partial charge on any atom is 0.405 e. The first kappa shape index (κ1) is 15.0. The van der Waals surface area contributed by atoms with E-state index in [-0.39, 0.29) is 6.04 Å². The summed E-state index contributed by atoms with van der Waals surface area (Å²) in [5, 5.41) is 12.4. The lowest BCUT2D eigenvalue weighted by molar-refractivity contribution is 0.182. The van der Waals surface area contributed by atoms with Gasteiger partial charge < -0.3 is 15.2 Å². The van der Waals surface area contributed by atoms with Crippen molar-refractivity contribution >= 4 is 29.3 Å². The molecule has 22 heavy (non-hydrogen) atoms. The van der Waals surface area contributed by atoms with Gasteiger partial charge in [-0.25, -0.2) is 4.79 Å². The summed E-state index contributed by atoms with van der Waals surface area (Å²) in [6, 6.07) is 10.9. The highest BCUT2D eigenvalue weighted by atomic mass is 35.5. The van der Waals surface area contributed by atoms with Crippen molar-refractivity contribution in [2.75, 3.05) is 6.61 Å². The van der Waals surface area contributed by atoms with Crippen molar-refractivity contribution < 1.29 is 14.6 Å². The molecule has 1 unspecified atom stereocenters. The first-order valence-electron chi connectivity index (χ1n) is 6.76. The van der Waals surface area contributed by atoms with Crippen LogP contribution in [0.3, 0.4) is 0 Å². The molecule has 0 saturated heterocycles. The van der Waals surface area contributed by atoms with Crippen LogP contribution in [0.4, 0.5) is 4.79 Å². The number of ether oxygens (including phenoxy) is 1. The number of fused-ring (bicyclic) bond motifs is 1. The molecular weight excluding hydrogens is 325 g/mol. The van der Waals surface area contributed by atoms with E-state index in [1.54, 1.807) is 12.1 Å². The van der Waals surface area contributed by atoms with Gasteiger partial charge in [-0.05, 0) is 29.3 Å². The Bertz CT molecular complexity index is 733. The standard InChI is InChI=1S/C16H13Cl2NO3/c17-12-4-2-9(7-13(12)18)10-1-3-11-14(19-16(20)21)5-6-22-15(11)8-10/h1-4,7-8,14,19H,5-6H2,(H,20,21). The number of hydrogen-bond acceptors (Lipinski definition) is 2. The van der Waals surface area contributed by atoms with Crippen molar-refractivity contribution in [3.05, 3.63) is 52.0 Å². The highest BCUT2D eigenvalue weighted by molar-refractivity contribution is 6.42.